The summed E-state index contributed by atoms with van der Waals surface area (Å²) in [7, 11) is 1.63. The van der Waals surface area contributed by atoms with Gasteiger partial charge in [0.2, 0.25) is 0 Å². The van der Waals surface area contributed by atoms with Crippen LogP contribution in [0.4, 0.5) is 0 Å². The summed E-state index contributed by atoms with van der Waals surface area (Å²) in [4.78, 5) is 17.1. The number of aromatic nitrogens is 2. The summed E-state index contributed by atoms with van der Waals surface area (Å²) in [6.07, 6.45) is 1.80. The van der Waals surface area contributed by atoms with Crippen molar-refractivity contribution in [3.05, 3.63) is 77.1 Å². The first-order valence-corrected chi connectivity index (χ1v) is 10.3. The quantitative estimate of drug-likeness (QED) is 0.640. The normalized spacial score (nSPS) is 14.3. The average molecular weight is 415 g/mol. The zero-order valence-electron chi connectivity index (χ0n) is 17.8. The van der Waals surface area contributed by atoms with Crippen molar-refractivity contribution < 1.29 is 9.53 Å². The highest BCUT2D eigenvalue weighted by molar-refractivity contribution is 5.92. The van der Waals surface area contributed by atoms with E-state index in [1.807, 2.05) is 54.3 Å². The second-order valence-electron chi connectivity index (χ2n) is 7.70. The first-order chi connectivity index (χ1) is 15.1. The van der Waals surface area contributed by atoms with Gasteiger partial charge in [0.25, 0.3) is 5.91 Å². The third-order valence-electron chi connectivity index (χ3n) is 5.54. The minimum Gasteiger partial charge on any atom is -0.494 e. The number of benzene rings is 2. The lowest BCUT2D eigenvalue weighted by molar-refractivity contribution is 0.0622. The van der Waals surface area contributed by atoms with Crippen molar-refractivity contribution in [3.8, 4) is 17.5 Å². The maximum Gasteiger partial charge on any atom is 0.274 e. The fourth-order valence-electron chi connectivity index (χ4n) is 3.77. The fraction of sp³-hybridized carbons (Fsp3) is 0.292. The third kappa shape index (κ3) is 4.60. The minimum atomic E-state index is -0.0524. The zero-order valence-corrected chi connectivity index (χ0v) is 17.8. The molecule has 1 saturated heterocycles. The van der Waals surface area contributed by atoms with Crippen molar-refractivity contribution in [2.24, 2.45) is 0 Å². The summed E-state index contributed by atoms with van der Waals surface area (Å²) >= 11 is 0. The molecule has 0 bridgehead atoms. The van der Waals surface area contributed by atoms with E-state index < -0.39 is 0 Å². The number of ether oxygens (including phenoxy) is 1. The minimum absolute atomic E-state index is 0.0524. The molecule has 2 aromatic carbocycles. The molecule has 4 rings (SSSR count). The van der Waals surface area contributed by atoms with Crippen LogP contribution in [0.3, 0.4) is 0 Å². The van der Waals surface area contributed by atoms with E-state index in [1.54, 1.807) is 24.1 Å². The number of piperazine rings is 1. The van der Waals surface area contributed by atoms with E-state index in [9.17, 15) is 4.79 Å². The first kappa shape index (κ1) is 20.6. The Balaban J connectivity index is 1.38. The van der Waals surface area contributed by atoms with E-state index >= 15 is 0 Å². The molecule has 7 nitrogen and oxygen atoms in total. The number of aryl methyl sites for hydroxylation is 1. The van der Waals surface area contributed by atoms with E-state index in [0.29, 0.717) is 30.1 Å². The molecule has 7 heteroatoms. The predicted octanol–water partition coefficient (Wildman–Crippen LogP) is 3.02. The van der Waals surface area contributed by atoms with Gasteiger partial charge < -0.3 is 9.64 Å². The highest BCUT2D eigenvalue weighted by atomic mass is 16.5. The van der Waals surface area contributed by atoms with E-state index in [2.05, 4.69) is 16.1 Å². The van der Waals surface area contributed by atoms with Crippen LogP contribution in [0, 0.1) is 18.3 Å². The Hall–Kier alpha value is -3.63. The van der Waals surface area contributed by atoms with Crippen LogP contribution in [-0.4, -0.2) is 58.8 Å². The van der Waals surface area contributed by atoms with Gasteiger partial charge in [-0.2, -0.15) is 10.4 Å². The van der Waals surface area contributed by atoms with Crippen LogP contribution in [0.25, 0.3) is 5.69 Å². The highest BCUT2D eigenvalue weighted by Gasteiger charge is 2.24. The molecule has 0 unspecified atom stereocenters. The van der Waals surface area contributed by atoms with Crippen LogP contribution in [0.15, 0.2) is 54.7 Å². The summed E-state index contributed by atoms with van der Waals surface area (Å²) < 4.78 is 7.13. The van der Waals surface area contributed by atoms with Gasteiger partial charge in [-0.15, -0.1) is 0 Å². The Morgan fingerprint density at radius 1 is 1.10 bits per heavy atom. The maximum absolute atomic E-state index is 13.0. The number of rotatable bonds is 5. The first-order valence-electron chi connectivity index (χ1n) is 10.3. The molecular formula is C24H25N5O2. The average Bonchev–Trinajstić information content (AvgIpc) is 3.30. The monoisotopic (exact) mass is 415 g/mol. The Bertz CT molecular complexity index is 1110. The Morgan fingerprint density at radius 2 is 1.84 bits per heavy atom. The van der Waals surface area contributed by atoms with Gasteiger partial charge in [-0.1, -0.05) is 18.2 Å². The zero-order chi connectivity index (χ0) is 21.8. The molecule has 0 atom stereocenters. The number of nitrogens with zero attached hydrogens (tertiary/aromatic N) is 5. The molecule has 1 aliphatic rings. The molecule has 1 amide bonds. The number of hydrogen-bond donors (Lipinski definition) is 0. The van der Waals surface area contributed by atoms with Crippen LogP contribution < -0.4 is 4.74 Å². The number of carbonyl (C=O) groups is 1. The van der Waals surface area contributed by atoms with Gasteiger partial charge in [-0.3, -0.25) is 9.69 Å². The van der Waals surface area contributed by atoms with Crippen molar-refractivity contribution in [2.75, 3.05) is 33.3 Å². The van der Waals surface area contributed by atoms with E-state index in [0.717, 1.165) is 30.9 Å². The molecule has 2 heterocycles. The molecule has 0 spiro atoms. The smallest absolute Gasteiger partial charge is 0.274 e. The number of hydrogen-bond acceptors (Lipinski definition) is 5. The van der Waals surface area contributed by atoms with Gasteiger partial charge in [0.1, 0.15) is 11.4 Å². The van der Waals surface area contributed by atoms with Crippen molar-refractivity contribution >= 4 is 5.91 Å². The fourth-order valence-corrected chi connectivity index (χ4v) is 3.77. The Labute approximate surface area is 182 Å². The second-order valence-corrected chi connectivity index (χ2v) is 7.70. The Morgan fingerprint density at radius 3 is 2.52 bits per heavy atom. The predicted molar refractivity (Wildman–Crippen MR) is 117 cm³/mol. The van der Waals surface area contributed by atoms with Gasteiger partial charge >= 0.3 is 0 Å². The van der Waals surface area contributed by atoms with Crippen molar-refractivity contribution in [3.63, 3.8) is 0 Å². The molecule has 3 aromatic rings. The lowest BCUT2D eigenvalue weighted by atomic mass is 10.1. The summed E-state index contributed by atoms with van der Waals surface area (Å²) in [6.45, 7) is 5.76. The van der Waals surface area contributed by atoms with Crippen molar-refractivity contribution in [2.45, 2.75) is 13.5 Å². The SMILES string of the molecule is COc1ccc(C)cc1-n1ccc(C(=O)N2CCN(Cc3ccc(C#N)cc3)CC2)n1. The standard InChI is InChI=1S/C24H25N5O2/c1-18-3-8-23(31-2)22(15-18)29-10-9-21(26-29)24(30)28-13-11-27(12-14-28)17-20-6-4-19(16-25)5-7-20/h3-10,15H,11-14,17H2,1-2H3. The molecular weight excluding hydrogens is 390 g/mol. The molecule has 0 radical (unpaired) electrons. The Kier molecular flexibility index (Phi) is 6.01. The second kappa shape index (κ2) is 9.02. The third-order valence-corrected chi connectivity index (χ3v) is 5.54. The van der Waals surface area contributed by atoms with Gasteiger partial charge in [-0.25, -0.2) is 4.68 Å². The van der Waals surface area contributed by atoms with Crippen LogP contribution >= 0.6 is 0 Å². The van der Waals surface area contributed by atoms with Gasteiger partial charge in [0.05, 0.1) is 18.7 Å². The summed E-state index contributed by atoms with van der Waals surface area (Å²) in [6, 6.07) is 17.4. The number of methoxy groups -OCH3 is 1. The topological polar surface area (TPSA) is 74.4 Å². The molecule has 1 aliphatic heterocycles. The molecule has 31 heavy (non-hydrogen) atoms. The van der Waals surface area contributed by atoms with Gasteiger partial charge in [0.15, 0.2) is 5.69 Å². The number of nitriles is 1. The molecule has 1 fully saturated rings. The van der Waals surface area contributed by atoms with E-state index in [-0.39, 0.29) is 5.91 Å². The largest absolute Gasteiger partial charge is 0.494 e. The van der Waals surface area contributed by atoms with Crippen LogP contribution in [0.5, 0.6) is 5.75 Å². The summed E-state index contributed by atoms with van der Waals surface area (Å²) in [5.74, 6) is 0.660. The number of amides is 1. The molecule has 158 valence electrons. The summed E-state index contributed by atoms with van der Waals surface area (Å²) in [5.41, 5.74) is 4.18. The maximum atomic E-state index is 13.0. The van der Waals surface area contributed by atoms with Crippen LogP contribution in [0.2, 0.25) is 0 Å². The molecule has 0 aliphatic carbocycles. The van der Waals surface area contributed by atoms with Crippen molar-refractivity contribution in [1.82, 2.24) is 19.6 Å². The van der Waals surface area contributed by atoms with Crippen LogP contribution in [-0.2, 0) is 6.54 Å². The molecule has 1 aromatic heterocycles. The number of carbonyl (C=O) groups excluding carboxylic acids is 1. The van der Waals surface area contributed by atoms with Gasteiger partial charge in [-0.05, 0) is 48.4 Å². The molecule has 0 saturated carbocycles. The highest BCUT2D eigenvalue weighted by Crippen LogP contribution is 2.23. The lowest BCUT2D eigenvalue weighted by Crippen LogP contribution is -2.48. The lowest BCUT2D eigenvalue weighted by Gasteiger charge is -2.34. The van der Waals surface area contributed by atoms with Crippen molar-refractivity contribution in [1.29, 1.82) is 5.26 Å². The molecule has 0 N–H and O–H groups in total. The summed E-state index contributed by atoms with van der Waals surface area (Å²) in [5, 5.41) is 13.4. The van der Waals surface area contributed by atoms with E-state index in [4.69, 9.17) is 10.00 Å². The van der Waals surface area contributed by atoms with Crippen LogP contribution in [0.1, 0.15) is 27.2 Å². The van der Waals surface area contributed by atoms with Gasteiger partial charge in [0, 0.05) is 38.9 Å². The van der Waals surface area contributed by atoms with E-state index in [1.165, 1.54) is 5.56 Å².